The van der Waals surface area contributed by atoms with Gasteiger partial charge >= 0.3 is 0 Å². The van der Waals surface area contributed by atoms with Gasteiger partial charge in [0.05, 0.1) is 17.6 Å². The number of aryl methyl sites for hydroxylation is 1. The molecule has 140 valence electrons. The average Bonchev–Trinajstić information content (AvgIpc) is 2.99. The fourth-order valence-corrected chi connectivity index (χ4v) is 3.01. The lowest BCUT2D eigenvalue weighted by Crippen LogP contribution is -2.25. The quantitative estimate of drug-likeness (QED) is 0.650. The van der Waals surface area contributed by atoms with Gasteiger partial charge in [0.1, 0.15) is 24.3 Å². The molecule has 0 saturated carbocycles. The number of hydrogen-bond acceptors (Lipinski definition) is 3. The van der Waals surface area contributed by atoms with Crippen LogP contribution in [0, 0.1) is 6.92 Å². The molecule has 0 bridgehead atoms. The summed E-state index contributed by atoms with van der Waals surface area (Å²) in [4.78, 5) is 4.78. The first-order valence-corrected chi connectivity index (χ1v) is 8.91. The number of halogens is 1. The number of ether oxygens (including phenoxy) is 1. The molecule has 4 nitrogen and oxygen atoms in total. The summed E-state index contributed by atoms with van der Waals surface area (Å²) in [6.07, 6.45) is 0.416. The van der Waals surface area contributed by atoms with Crippen molar-refractivity contribution in [2.45, 2.75) is 45.8 Å². The van der Waals surface area contributed by atoms with E-state index in [1.54, 1.807) is 0 Å². The van der Waals surface area contributed by atoms with E-state index in [9.17, 15) is 5.11 Å². The lowest BCUT2D eigenvalue weighted by Gasteiger charge is -2.18. The predicted octanol–water partition coefficient (Wildman–Crippen LogP) is 4.72. The number of fused-ring (bicyclic) bond motifs is 1. The third-order valence-electron chi connectivity index (χ3n) is 4.66. The Bertz CT molecular complexity index is 847. The maximum absolute atomic E-state index is 10.5. The Kier molecular flexibility index (Phi) is 7.06. The maximum atomic E-state index is 10.5. The summed E-state index contributed by atoms with van der Waals surface area (Å²) < 4.78 is 7.94. The first-order valence-electron chi connectivity index (χ1n) is 8.91. The topological polar surface area (TPSA) is 47.3 Å². The Morgan fingerprint density at radius 2 is 1.81 bits per heavy atom. The molecule has 5 heteroatoms. The summed E-state index contributed by atoms with van der Waals surface area (Å²) in [6.45, 7) is 7.08. The highest BCUT2D eigenvalue weighted by Gasteiger charge is 2.18. The van der Waals surface area contributed by atoms with Crippen molar-refractivity contribution in [1.29, 1.82) is 0 Å². The number of aliphatic hydroxyl groups excluding tert-OH is 1. The van der Waals surface area contributed by atoms with Gasteiger partial charge < -0.3 is 14.4 Å². The zero-order valence-electron chi connectivity index (χ0n) is 15.6. The number of aliphatic hydroxyl groups is 1. The second kappa shape index (κ2) is 9.06. The highest BCUT2D eigenvalue weighted by atomic mass is 35.5. The van der Waals surface area contributed by atoms with Gasteiger partial charge in [0.25, 0.3) is 0 Å². The normalized spacial score (nSPS) is 13.2. The van der Waals surface area contributed by atoms with E-state index >= 15 is 0 Å². The molecule has 0 aliphatic rings. The highest BCUT2D eigenvalue weighted by Crippen LogP contribution is 2.24. The third kappa shape index (κ3) is 4.37. The van der Waals surface area contributed by atoms with Crippen LogP contribution in [-0.4, -0.2) is 27.4 Å². The van der Waals surface area contributed by atoms with Crippen molar-refractivity contribution in [3.63, 3.8) is 0 Å². The van der Waals surface area contributed by atoms with E-state index in [2.05, 4.69) is 24.5 Å². The van der Waals surface area contributed by atoms with Gasteiger partial charge in [0.2, 0.25) is 0 Å². The molecule has 0 amide bonds. The van der Waals surface area contributed by atoms with Crippen molar-refractivity contribution in [1.82, 2.24) is 9.55 Å². The van der Waals surface area contributed by atoms with Gasteiger partial charge in [-0.15, -0.1) is 12.4 Å². The van der Waals surface area contributed by atoms with Gasteiger partial charge in [-0.05, 0) is 37.1 Å². The average molecular weight is 375 g/mol. The minimum atomic E-state index is -0.597. The molecule has 2 aromatic carbocycles. The van der Waals surface area contributed by atoms with Crippen LogP contribution >= 0.6 is 12.4 Å². The summed E-state index contributed by atoms with van der Waals surface area (Å²) in [5.41, 5.74) is 3.11. The lowest BCUT2D eigenvalue weighted by molar-refractivity contribution is 0.0921. The van der Waals surface area contributed by atoms with Crippen molar-refractivity contribution < 1.29 is 9.84 Å². The summed E-state index contributed by atoms with van der Waals surface area (Å²) in [5.74, 6) is 2.19. The molecule has 0 radical (unpaired) electrons. The Balaban J connectivity index is 0.00000243. The molecule has 1 N–H and O–H groups in total. The third-order valence-corrected chi connectivity index (χ3v) is 4.66. The Morgan fingerprint density at radius 3 is 2.54 bits per heavy atom. The van der Waals surface area contributed by atoms with Gasteiger partial charge in [-0.1, -0.05) is 44.2 Å². The van der Waals surface area contributed by atoms with Gasteiger partial charge in [-0.3, -0.25) is 0 Å². The minimum Gasteiger partial charge on any atom is -0.491 e. The molecule has 0 saturated heterocycles. The summed E-state index contributed by atoms with van der Waals surface area (Å²) >= 11 is 0. The molecular weight excluding hydrogens is 348 g/mol. The zero-order chi connectivity index (χ0) is 17.8. The van der Waals surface area contributed by atoms with Crippen LogP contribution in [-0.2, 0) is 6.54 Å². The first kappa shape index (κ1) is 20.3. The van der Waals surface area contributed by atoms with Crippen LogP contribution in [0.5, 0.6) is 5.75 Å². The van der Waals surface area contributed by atoms with Crippen LogP contribution in [0.15, 0.2) is 48.5 Å². The number of rotatable bonds is 7. The molecule has 3 aromatic rings. The van der Waals surface area contributed by atoms with Crippen LogP contribution in [0.2, 0.25) is 0 Å². The van der Waals surface area contributed by atoms with Crippen LogP contribution in [0.4, 0.5) is 0 Å². The van der Waals surface area contributed by atoms with Gasteiger partial charge in [0.15, 0.2) is 0 Å². The van der Waals surface area contributed by atoms with Gasteiger partial charge in [-0.2, -0.15) is 0 Å². The maximum Gasteiger partial charge on any atom is 0.122 e. The fraction of sp³-hybridized carbons (Fsp3) is 0.381. The zero-order valence-corrected chi connectivity index (χ0v) is 16.4. The monoisotopic (exact) mass is 374 g/mol. The van der Waals surface area contributed by atoms with Crippen molar-refractivity contribution in [2.75, 3.05) is 6.61 Å². The molecule has 2 unspecified atom stereocenters. The molecule has 0 spiro atoms. The number of imidazole rings is 1. The van der Waals surface area contributed by atoms with E-state index in [1.165, 1.54) is 0 Å². The van der Waals surface area contributed by atoms with E-state index in [0.29, 0.717) is 12.5 Å². The van der Waals surface area contributed by atoms with Crippen molar-refractivity contribution >= 4 is 23.4 Å². The smallest absolute Gasteiger partial charge is 0.122 e. The van der Waals surface area contributed by atoms with Crippen LogP contribution in [0.25, 0.3) is 11.0 Å². The summed E-state index contributed by atoms with van der Waals surface area (Å²) in [6, 6.07) is 15.9. The molecule has 3 rings (SSSR count). The Hall–Kier alpha value is -2.04. The lowest BCUT2D eigenvalue weighted by atomic mass is 10.1. The molecule has 26 heavy (non-hydrogen) atoms. The molecule has 1 heterocycles. The molecule has 1 aromatic heterocycles. The van der Waals surface area contributed by atoms with E-state index in [4.69, 9.17) is 9.72 Å². The number of hydrogen-bond donors (Lipinski definition) is 1. The second-order valence-corrected chi connectivity index (χ2v) is 6.61. The molecule has 0 fully saturated rings. The number of para-hydroxylation sites is 3. The van der Waals surface area contributed by atoms with Crippen LogP contribution < -0.4 is 4.74 Å². The summed E-state index contributed by atoms with van der Waals surface area (Å²) in [7, 11) is 0. The molecule has 2 atom stereocenters. The van der Waals surface area contributed by atoms with Crippen LogP contribution in [0.3, 0.4) is 0 Å². The fourth-order valence-electron chi connectivity index (χ4n) is 3.01. The number of aromatic nitrogens is 2. The molecule has 0 aliphatic carbocycles. The number of benzene rings is 2. The first-order chi connectivity index (χ1) is 12.1. The van der Waals surface area contributed by atoms with Crippen molar-refractivity contribution in [3.05, 3.63) is 59.9 Å². The van der Waals surface area contributed by atoms with Crippen LogP contribution in [0.1, 0.15) is 37.6 Å². The van der Waals surface area contributed by atoms with E-state index in [1.807, 2.05) is 49.4 Å². The Labute approximate surface area is 161 Å². The van der Waals surface area contributed by atoms with Gasteiger partial charge in [0, 0.05) is 5.92 Å². The van der Waals surface area contributed by atoms with E-state index < -0.39 is 6.10 Å². The molecule has 0 aliphatic heterocycles. The standard InChI is InChI=1S/C21H26N2O2.ClH/c1-4-15(2)21-22-18-10-6-7-11-19(18)23(21)13-17(24)14-25-20-12-8-5-9-16(20)3;/h5-12,15,17,24H,4,13-14H2,1-3H3;1H. The number of nitrogens with zero attached hydrogens (tertiary/aromatic N) is 2. The second-order valence-electron chi connectivity index (χ2n) is 6.61. The largest absolute Gasteiger partial charge is 0.491 e. The van der Waals surface area contributed by atoms with Crippen molar-refractivity contribution in [2.24, 2.45) is 0 Å². The van der Waals surface area contributed by atoms with E-state index in [-0.39, 0.29) is 19.0 Å². The van der Waals surface area contributed by atoms with Crippen molar-refractivity contribution in [3.8, 4) is 5.75 Å². The summed E-state index contributed by atoms with van der Waals surface area (Å²) in [5, 5.41) is 10.5. The predicted molar refractivity (Wildman–Crippen MR) is 108 cm³/mol. The SMILES string of the molecule is CCC(C)c1nc2ccccc2n1CC(O)COc1ccccc1C.Cl. The molecular formula is C21H27ClN2O2. The van der Waals surface area contributed by atoms with Gasteiger partial charge in [-0.25, -0.2) is 4.98 Å². The Morgan fingerprint density at radius 1 is 1.12 bits per heavy atom. The van der Waals surface area contributed by atoms with E-state index in [0.717, 1.165) is 34.6 Å². The highest BCUT2D eigenvalue weighted by molar-refractivity contribution is 5.85. The minimum absolute atomic E-state index is 0.